The van der Waals surface area contributed by atoms with Gasteiger partial charge in [0.15, 0.2) is 0 Å². The Labute approximate surface area is 192 Å². The highest BCUT2D eigenvalue weighted by Crippen LogP contribution is 2.38. The number of rotatable bonds is 6. The highest BCUT2D eigenvalue weighted by molar-refractivity contribution is 5.75. The van der Waals surface area contributed by atoms with Crippen LogP contribution in [0.25, 0.3) is 11.1 Å². The van der Waals surface area contributed by atoms with Crippen molar-refractivity contribution in [2.45, 2.75) is 46.6 Å². The van der Waals surface area contributed by atoms with Crippen LogP contribution in [0.4, 0.5) is 11.5 Å². The number of hydrogen-bond acceptors (Lipinski definition) is 3. The summed E-state index contributed by atoms with van der Waals surface area (Å²) < 4.78 is 0. The molecule has 0 saturated heterocycles. The molecule has 0 bridgehead atoms. The highest BCUT2D eigenvalue weighted by Gasteiger charge is 2.25. The molecule has 0 fully saturated rings. The number of allylic oxidation sites excluding steroid dienone is 1. The van der Waals surface area contributed by atoms with Gasteiger partial charge in [-0.05, 0) is 75.4 Å². The molecule has 164 valence electrons. The summed E-state index contributed by atoms with van der Waals surface area (Å²) in [7, 11) is 0. The molecular formula is C29H33N3. The predicted molar refractivity (Wildman–Crippen MR) is 137 cm³/mol. The molecule has 0 spiro atoms. The van der Waals surface area contributed by atoms with Crippen LogP contribution in [0.15, 0.2) is 85.3 Å². The van der Waals surface area contributed by atoms with Crippen molar-refractivity contribution >= 4 is 11.5 Å². The molecule has 0 saturated carbocycles. The molecule has 1 aliphatic heterocycles. The van der Waals surface area contributed by atoms with Crippen molar-refractivity contribution < 1.29 is 0 Å². The zero-order valence-electron chi connectivity index (χ0n) is 19.7. The van der Waals surface area contributed by atoms with Gasteiger partial charge in [-0.1, -0.05) is 54.1 Å². The van der Waals surface area contributed by atoms with Crippen molar-refractivity contribution in [2.24, 2.45) is 0 Å². The van der Waals surface area contributed by atoms with Crippen LogP contribution in [-0.2, 0) is 6.42 Å². The van der Waals surface area contributed by atoms with Crippen LogP contribution in [0.3, 0.4) is 0 Å². The zero-order chi connectivity index (χ0) is 22.7. The van der Waals surface area contributed by atoms with Gasteiger partial charge in [-0.3, -0.25) is 0 Å². The van der Waals surface area contributed by atoms with E-state index in [-0.39, 0.29) is 0 Å². The Kier molecular flexibility index (Phi) is 6.45. The van der Waals surface area contributed by atoms with Gasteiger partial charge in [0.05, 0.1) is 6.04 Å². The van der Waals surface area contributed by atoms with E-state index in [0.717, 1.165) is 30.9 Å². The third-order valence-corrected chi connectivity index (χ3v) is 6.23. The van der Waals surface area contributed by atoms with Crippen molar-refractivity contribution in [3.05, 3.63) is 102 Å². The summed E-state index contributed by atoms with van der Waals surface area (Å²) in [6, 6.07) is 20.1. The van der Waals surface area contributed by atoms with Crippen LogP contribution in [0.2, 0.25) is 0 Å². The number of pyridine rings is 1. The molecule has 2 heterocycles. The van der Waals surface area contributed by atoms with Crippen molar-refractivity contribution in [1.82, 2.24) is 4.98 Å². The number of nitrogens with zero attached hydrogens (tertiary/aromatic N) is 3. The Bertz CT molecular complexity index is 1110. The predicted octanol–water partition coefficient (Wildman–Crippen LogP) is 7.44. The second-order valence-electron chi connectivity index (χ2n) is 8.89. The molecule has 3 aromatic rings. The number of aryl methyl sites for hydroxylation is 1. The normalized spacial score (nSPS) is 13.8. The summed E-state index contributed by atoms with van der Waals surface area (Å²) in [6.07, 6.45) is 8.11. The van der Waals surface area contributed by atoms with Gasteiger partial charge in [0.1, 0.15) is 5.82 Å². The van der Waals surface area contributed by atoms with Crippen LogP contribution >= 0.6 is 0 Å². The Balaban J connectivity index is 1.66. The van der Waals surface area contributed by atoms with E-state index in [0.29, 0.717) is 6.04 Å². The lowest BCUT2D eigenvalue weighted by molar-refractivity contribution is 0.606. The molecule has 2 aromatic carbocycles. The third kappa shape index (κ3) is 4.47. The summed E-state index contributed by atoms with van der Waals surface area (Å²) >= 11 is 0. The van der Waals surface area contributed by atoms with Gasteiger partial charge >= 0.3 is 0 Å². The van der Waals surface area contributed by atoms with E-state index in [1.54, 1.807) is 0 Å². The molecule has 1 aromatic heterocycles. The number of aromatic nitrogens is 1. The first kappa shape index (κ1) is 21.9. The minimum Gasteiger partial charge on any atom is -0.350 e. The van der Waals surface area contributed by atoms with Gasteiger partial charge in [-0.25, -0.2) is 4.98 Å². The van der Waals surface area contributed by atoms with Crippen LogP contribution in [0.1, 0.15) is 49.9 Å². The lowest BCUT2D eigenvalue weighted by Gasteiger charge is -2.36. The van der Waals surface area contributed by atoms with Crippen molar-refractivity contribution in [1.29, 1.82) is 0 Å². The van der Waals surface area contributed by atoms with E-state index in [4.69, 9.17) is 4.98 Å². The summed E-state index contributed by atoms with van der Waals surface area (Å²) in [5.74, 6) is 1.13. The molecule has 3 heteroatoms. The molecule has 0 aliphatic carbocycles. The van der Waals surface area contributed by atoms with Crippen molar-refractivity contribution in [3.63, 3.8) is 0 Å². The summed E-state index contributed by atoms with van der Waals surface area (Å²) in [4.78, 5) is 9.37. The van der Waals surface area contributed by atoms with E-state index in [9.17, 15) is 0 Å². The van der Waals surface area contributed by atoms with Crippen LogP contribution < -0.4 is 9.80 Å². The number of benzene rings is 2. The molecule has 0 N–H and O–H groups in total. The summed E-state index contributed by atoms with van der Waals surface area (Å²) in [5, 5.41) is 0. The fourth-order valence-electron chi connectivity index (χ4n) is 4.50. The monoisotopic (exact) mass is 423 g/mol. The van der Waals surface area contributed by atoms with Crippen molar-refractivity contribution in [2.75, 3.05) is 16.3 Å². The first-order valence-electron chi connectivity index (χ1n) is 11.5. The van der Waals surface area contributed by atoms with Gasteiger partial charge in [0.2, 0.25) is 0 Å². The molecule has 1 atom stereocenters. The Hall–Kier alpha value is -3.33. The average molecular weight is 424 g/mol. The molecule has 0 radical (unpaired) electrons. The maximum absolute atomic E-state index is 4.84. The fraction of sp³-hybridized carbons (Fsp3) is 0.276. The number of fused-ring (bicyclic) bond motifs is 1. The van der Waals surface area contributed by atoms with Crippen LogP contribution in [-0.4, -0.2) is 11.5 Å². The number of hydrogen-bond donors (Lipinski definition) is 0. The fourth-order valence-corrected chi connectivity index (χ4v) is 4.50. The smallest absolute Gasteiger partial charge is 0.132 e. The van der Waals surface area contributed by atoms with Gasteiger partial charge in [-0.2, -0.15) is 0 Å². The molecule has 0 amide bonds. The van der Waals surface area contributed by atoms with Crippen molar-refractivity contribution in [3.8, 4) is 11.1 Å². The quantitative estimate of drug-likeness (QED) is 0.410. The molecule has 1 unspecified atom stereocenters. The number of anilines is 2. The lowest BCUT2D eigenvalue weighted by Crippen LogP contribution is -2.33. The highest BCUT2D eigenvalue weighted by atomic mass is 15.2. The van der Waals surface area contributed by atoms with E-state index in [1.807, 2.05) is 12.4 Å². The average Bonchev–Trinajstić information content (AvgIpc) is 2.82. The standard InChI is InChI=1S/C29H33N3/c1-6-31(20-21(2)3)26-15-13-25(14-16-26)27-17-18-30-29-28(27)8-7-19-32(29)23(5)24-11-9-22(4)10-12-24/h6,9-18,20,23H,1,7-8,19H2,2-5H3. The maximum Gasteiger partial charge on any atom is 0.132 e. The lowest BCUT2D eigenvalue weighted by atomic mass is 9.93. The van der Waals surface area contributed by atoms with Gasteiger partial charge in [0, 0.05) is 36.4 Å². The molecule has 4 rings (SSSR count). The Morgan fingerprint density at radius 3 is 2.44 bits per heavy atom. The summed E-state index contributed by atoms with van der Waals surface area (Å²) in [6.45, 7) is 13.6. The maximum atomic E-state index is 4.84. The first-order chi connectivity index (χ1) is 15.5. The van der Waals surface area contributed by atoms with Gasteiger partial charge in [0.25, 0.3) is 0 Å². The molecule has 1 aliphatic rings. The minimum atomic E-state index is 0.296. The SMILES string of the molecule is C=CN(C=C(C)C)c1ccc(-c2ccnc3c2CCCN3C(C)c2ccc(C)cc2)cc1. The van der Waals surface area contributed by atoms with E-state index >= 15 is 0 Å². The minimum absolute atomic E-state index is 0.296. The van der Waals surface area contributed by atoms with E-state index in [1.165, 1.54) is 33.4 Å². The Morgan fingerprint density at radius 2 is 1.78 bits per heavy atom. The Morgan fingerprint density at radius 1 is 1.06 bits per heavy atom. The van der Waals surface area contributed by atoms with Gasteiger partial charge in [-0.15, -0.1) is 0 Å². The molecule has 32 heavy (non-hydrogen) atoms. The topological polar surface area (TPSA) is 19.4 Å². The van der Waals surface area contributed by atoms with Crippen LogP contribution in [0, 0.1) is 6.92 Å². The molecular weight excluding hydrogens is 390 g/mol. The van der Waals surface area contributed by atoms with Crippen LogP contribution in [0.5, 0.6) is 0 Å². The summed E-state index contributed by atoms with van der Waals surface area (Å²) in [5.41, 5.74) is 8.86. The van der Waals surface area contributed by atoms with E-state index in [2.05, 4.69) is 105 Å². The van der Waals surface area contributed by atoms with Gasteiger partial charge < -0.3 is 9.80 Å². The first-order valence-corrected chi connectivity index (χ1v) is 11.5. The second kappa shape index (κ2) is 9.44. The zero-order valence-corrected chi connectivity index (χ0v) is 19.7. The second-order valence-corrected chi connectivity index (χ2v) is 8.89. The third-order valence-electron chi connectivity index (χ3n) is 6.23. The largest absolute Gasteiger partial charge is 0.350 e. The molecule has 3 nitrogen and oxygen atoms in total. The van der Waals surface area contributed by atoms with E-state index < -0.39 is 0 Å².